The molecule has 0 fully saturated rings. The van der Waals surface area contributed by atoms with E-state index in [1.807, 2.05) is 7.05 Å². The van der Waals surface area contributed by atoms with Gasteiger partial charge in [0.1, 0.15) is 5.75 Å². The Kier molecular flexibility index (Phi) is 3.47. The molecule has 0 amide bonds. The van der Waals surface area contributed by atoms with Gasteiger partial charge < -0.3 is 15.0 Å². The Hall–Kier alpha value is -1.69. The lowest BCUT2D eigenvalue weighted by Crippen LogP contribution is -2.17. The maximum absolute atomic E-state index is 12.1. The van der Waals surface area contributed by atoms with Gasteiger partial charge in [-0.15, -0.1) is 13.2 Å². The largest absolute Gasteiger partial charge is 0.573 e. The van der Waals surface area contributed by atoms with E-state index in [4.69, 9.17) is 0 Å². The summed E-state index contributed by atoms with van der Waals surface area (Å²) < 4.78 is 40.3. The Morgan fingerprint density at radius 2 is 2.11 bits per heavy atom. The van der Waals surface area contributed by atoms with Crippen LogP contribution in [0.4, 0.5) is 13.2 Å². The average molecular weight is 258 g/mol. The summed E-state index contributed by atoms with van der Waals surface area (Å²) in [5, 5.41) is 3.75. The molecule has 2 aromatic rings. The van der Waals surface area contributed by atoms with E-state index in [0.717, 1.165) is 29.4 Å². The first kappa shape index (κ1) is 12.8. The Morgan fingerprint density at radius 1 is 1.33 bits per heavy atom. The van der Waals surface area contributed by atoms with Crippen molar-refractivity contribution in [2.45, 2.75) is 12.8 Å². The molecule has 1 heterocycles. The average Bonchev–Trinajstić information content (AvgIpc) is 2.67. The van der Waals surface area contributed by atoms with Crippen LogP contribution in [0.3, 0.4) is 0 Å². The summed E-state index contributed by atoms with van der Waals surface area (Å²) >= 11 is 0. The van der Waals surface area contributed by atoms with Gasteiger partial charge >= 0.3 is 6.36 Å². The number of rotatable bonds is 4. The molecular formula is C12H13F3N2O. The summed E-state index contributed by atoms with van der Waals surface area (Å²) in [6.45, 7) is 0.761. The minimum Gasteiger partial charge on any atom is -0.406 e. The van der Waals surface area contributed by atoms with E-state index in [1.54, 1.807) is 12.3 Å². The molecule has 0 atom stereocenters. The molecular weight excluding hydrogens is 245 g/mol. The number of alkyl halides is 3. The van der Waals surface area contributed by atoms with Gasteiger partial charge in [-0.1, -0.05) is 0 Å². The standard InChI is InChI=1S/C12H13F3N2O/c1-16-5-4-8-7-17-11-3-2-9(6-10(8)11)18-12(13,14)15/h2-3,6-7,16-17H,4-5H2,1H3. The molecule has 0 spiro atoms. The maximum Gasteiger partial charge on any atom is 0.573 e. The molecule has 0 unspecified atom stereocenters. The minimum atomic E-state index is -4.66. The third-order valence-electron chi connectivity index (χ3n) is 2.62. The number of likely N-dealkylation sites (N-methyl/N-ethyl adjacent to an activating group) is 1. The Balaban J connectivity index is 2.30. The number of nitrogens with one attached hydrogen (secondary N) is 2. The third kappa shape index (κ3) is 2.95. The van der Waals surface area contributed by atoms with Crippen LogP contribution in [-0.4, -0.2) is 24.9 Å². The van der Waals surface area contributed by atoms with E-state index in [9.17, 15) is 13.2 Å². The van der Waals surface area contributed by atoms with Crippen molar-refractivity contribution in [1.29, 1.82) is 0 Å². The molecule has 2 N–H and O–H groups in total. The molecule has 0 aliphatic rings. The fourth-order valence-electron chi connectivity index (χ4n) is 1.82. The number of benzene rings is 1. The second-order valence-electron chi connectivity index (χ2n) is 3.92. The van der Waals surface area contributed by atoms with Crippen molar-refractivity contribution in [3.05, 3.63) is 30.0 Å². The number of aromatic amines is 1. The number of hydrogen-bond donors (Lipinski definition) is 2. The first-order valence-corrected chi connectivity index (χ1v) is 5.50. The van der Waals surface area contributed by atoms with Crippen LogP contribution >= 0.6 is 0 Å². The van der Waals surface area contributed by atoms with E-state index in [2.05, 4.69) is 15.0 Å². The van der Waals surface area contributed by atoms with Gasteiger partial charge in [-0.05, 0) is 43.8 Å². The molecule has 98 valence electrons. The van der Waals surface area contributed by atoms with Crippen LogP contribution in [0.15, 0.2) is 24.4 Å². The first-order chi connectivity index (χ1) is 8.49. The highest BCUT2D eigenvalue weighted by Crippen LogP contribution is 2.28. The van der Waals surface area contributed by atoms with Crippen molar-refractivity contribution in [3.63, 3.8) is 0 Å². The molecule has 0 aliphatic heterocycles. The fraction of sp³-hybridized carbons (Fsp3) is 0.333. The van der Waals surface area contributed by atoms with Gasteiger partial charge in [-0.2, -0.15) is 0 Å². The van der Waals surface area contributed by atoms with Crippen LogP contribution in [0.2, 0.25) is 0 Å². The van der Waals surface area contributed by atoms with E-state index >= 15 is 0 Å². The number of hydrogen-bond acceptors (Lipinski definition) is 2. The van der Waals surface area contributed by atoms with Crippen molar-refractivity contribution in [3.8, 4) is 5.75 Å². The zero-order chi connectivity index (χ0) is 13.2. The lowest BCUT2D eigenvalue weighted by atomic mass is 10.1. The molecule has 0 bridgehead atoms. The van der Waals surface area contributed by atoms with Crippen molar-refractivity contribution in [2.24, 2.45) is 0 Å². The summed E-state index contributed by atoms with van der Waals surface area (Å²) in [7, 11) is 1.83. The highest BCUT2D eigenvalue weighted by atomic mass is 19.4. The monoisotopic (exact) mass is 258 g/mol. The van der Waals surface area contributed by atoms with Gasteiger partial charge in [0, 0.05) is 17.1 Å². The van der Waals surface area contributed by atoms with Gasteiger partial charge in [-0.3, -0.25) is 0 Å². The summed E-state index contributed by atoms with van der Waals surface area (Å²) in [5.74, 6) is -0.194. The summed E-state index contributed by atoms with van der Waals surface area (Å²) in [6, 6.07) is 4.29. The van der Waals surface area contributed by atoms with Crippen molar-refractivity contribution in [1.82, 2.24) is 10.3 Å². The molecule has 1 aromatic carbocycles. The van der Waals surface area contributed by atoms with Crippen molar-refractivity contribution in [2.75, 3.05) is 13.6 Å². The number of ether oxygens (including phenoxy) is 1. The number of H-pyrrole nitrogens is 1. The SMILES string of the molecule is CNCCc1c[nH]c2ccc(OC(F)(F)F)cc12. The van der Waals surface area contributed by atoms with E-state index in [0.29, 0.717) is 0 Å². The number of halogens is 3. The third-order valence-corrected chi connectivity index (χ3v) is 2.62. The van der Waals surface area contributed by atoms with Crippen LogP contribution in [0.5, 0.6) is 5.75 Å². The zero-order valence-electron chi connectivity index (χ0n) is 9.77. The molecule has 0 aliphatic carbocycles. The van der Waals surface area contributed by atoms with Crippen molar-refractivity contribution >= 4 is 10.9 Å². The van der Waals surface area contributed by atoms with Gasteiger partial charge in [0.25, 0.3) is 0 Å². The first-order valence-electron chi connectivity index (χ1n) is 5.50. The molecule has 18 heavy (non-hydrogen) atoms. The number of aromatic nitrogens is 1. The molecule has 0 radical (unpaired) electrons. The second kappa shape index (κ2) is 4.89. The zero-order valence-corrected chi connectivity index (χ0v) is 9.77. The molecule has 1 aromatic heterocycles. The predicted octanol–water partition coefficient (Wildman–Crippen LogP) is 2.83. The Morgan fingerprint density at radius 3 is 2.78 bits per heavy atom. The van der Waals surface area contributed by atoms with Crippen LogP contribution in [0.25, 0.3) is 10.9 Å². The van der Waals surface area contributed by atoms with E-state index in [1.165, 1.54) is 12.1 Å². The smallest absolute Gasteiger partial charge is 0.406 e. The van der Waals surface area contributed by atoms with Crippen LogP contribution < -0.4 is 10.1 Å². The number of fused-ring (bicyclic) bond motifs is 1. The van der Waals surface area contributed by atoms with Gasteiger partial charge in [0.05, 0.1) is 0 Å². The molecule has 0 saturated heterocycles. The van der Waals surface area contributed by atoms with Gasteiger partial charge in [-0.25, -0.2) is 0 Å². The maximum atomic E-state index is 12.1. The summed E-state index contributed by atoms with van der Waals surface area (Å²) in [6.07, 6.45) is -2.11. The van der Waals surface area contributed by atoms with Crippen LogP contribution in [0.1, 0.15) is 5.56 Å². The summed E-state index contributed by atoms with van der Waals surface area (Å²) in [5.41, 5.74) is 1.77. The molecule has 2 rings (SSSR count). The lowest BCUT2D eigenvalue weighted by molar-refractivity contribution is -0.274. The highest BCUT2D eigenvalue weighted by Gasteiger charge is 2.31. The Bertz CT molecular complexity index is 534. The van der Waals surface area contributed by atoms with Crippen molar-refractivity contribution < 1.29 is 17.9 Å². The van der Waals surface area contributed by atoms with Crippen LogP contribution in [-0.2, 0) is 6.42 Å². The van der Waals surface area contributed by atoms with Crippen LogP contribution in [0, 0.1) is 0 Å². The van der Waals surface area contributed by atoms with Gasteiger partial charge in [0.2, 0.25) is 0 Å². The second-order valence-corrected chi connectivity index (χ2v) is 3.92. The molecule has 0 saturated carbocycles. The Labute approximate surface area is 102 Å². The quantitative estimate of drug-likeness (QED) is 0.884. The predicted molar refractivity (Wildman–Crippen MR) is 62.6 cm³/mol. The lowest BCUT2D eigenvalue weighted by Gasteiger charge is -2.09. The normalized spacial score (nSPS) is 12.0. The highest BCUT2D eigenvalue weighted by molar-refractivity contribution is 5.84. The fourth-order valence-corrected chi connectivity index (χ4v) is 1.82. The molecule has 3 nitrogen and oxygen atoms in total. The topological polar surface area (TPSA) is 37.0 Å². The summed E-state index contributed by atoms with van der Waals surface area (Å²) in [4.78, 5) is 3.02. The van der Waals surface area contributed by atoms with E-state index in [-0.39, 0.29) is 5.75 Å². The minimum absolute atomic E-state index is 0.194. The molecule has 6 heteroatoms. The van der Waals surface area contributed by atoms with E-state index < -0.39 is 6.36 Å². The van der Waals surface area contributed by atoms with Gasteiger partial charge in [0.15, 0.2) is 0 Å².